The van der Waals surface area contributed by atoms with Crippen molar-refractivity contribution in [3.63, 3.8) is 0 Å². The summed E-state index contributed by atoms with van der Waals surface area (Å²) < 4.78 is 0. The summed E-state index contributed by atoms with van der Waals surface area (Å²) in [5.41, 5.74) is 3.87. The molecule has 1 unspecified atom stereocenters. The SMILES string of the molecule is Cc1ccc(-c2cncc(C(=O)NC3CCNC3)c2)cc1.Cl.Cl. The van der Waals surface area contributed by atoms with E-state index < -0.39 is 0 Å². The molecule has 1 fully saturated rings. The van der Waals surface area contributed by atoms with Crippen LogP contribution in [0.4, 0.5) is 0 Å². The zero-order valence-electron chi connectivity index (χ0n) is 12.9. The summed E-state index contributed by atoms with van der Waals surface area (Å²) in [5, 5.41) is 6.28. The van der Waals surface area contributed by atoms with Crippen molar-refractivity contribution in [3.05, 3.63) is 53.9 Å². The Morgan fingerprint density at radius 3 is 2.57 bits per heavy atom. The molecule has 1 aromatic heterocycles. The quantitative estimate of drug-likeness (QED) is 0.891. The van der Waals surface area contributed by atoms with Crippen molar-refractivity contribution in [2.75, 3.05) is 13.1 Å². The van der Waals surface area contributed by atoms with Gasteiger partial charge < -0.3 is 10.6 Å². The number of hydrogen-bond donors (Lipinski definition) is 2. The van der Waals surface area contributed by atoms with Crippen LogP contribution in [0.5, 0.6) is 0 Å². The van der Waals surface area contributed by atoms with Gasteiger partial charge in [0, 0.05) is 30.5 Å². The molecule has 3 rings (SSSR count). The predicted octanol–water partition coefficient (Wildman–Crippen LogP) is 2.99. The molecule has 1 amide bonds. The van der Waals surface area contributed by atoms with E-state index in [4.69, 9.17) is 0 Å². The maximum absolute atomic E-state index is 12.3. The van der Waals surface area contributed by atoms with Gasteiger partial charge in [-0.3, -0.25) is 9.78 Å². The molecule has 1 aromatic carbocycles. The average Bonchev–Trinajstić information content (AvgIpc) is 3.01. The molecule has 1 saturated heterocycles. The maximum Gasteiger partial charge on any atom is 0.253 e. The second-order valence-corrected chi connectivity index (χ2v) is 5.49. The Hall–Kier alpha value is -1.62. The molecule has 0 bridgehead atoms. The number of hydrogen-bond acceptors (Lipinski definition) is 3. The van der Waals surface area contributed by atoms with Crippen molar-refractivity contribution in [3.8, 4) is 11.1 Å². The average molecular weight is 354 g/mol. The number of aryl methyl sites for hydroxylation is 1. The van der Waals surface area contributed by atoms with E-state index in [9.17, 15) is 4.79 Å². The summed E-state index contributed by atoms with van der Waals surface area (Å²) in [4.78, 5) is 16.5. The van der Waals surface area contributed by atoms with Crippen LogP contribution in [0.3, 0.4) is 0 Å². The van der Waals surface area contributed by atoms with Crippen LogP contribution in [0.25, 0.3) is 11.1 Å². The van der Waals surface area contributed by atoms with Crippen molar-refractivity contribution in [1.82, 2.24) is 15.6 Å². The summed E-state index contributed by atoms with van der Waals surface area (Å²) in [6.07, 6.45) is 4.39. The number of benzene rings is 1. The van der Waals surface area contributed by atoms with Gasteiger partial charge in [0.1, 0.15) is 0 Å². The number of rotatable bonds is 3. The molecule has 0 aliphatic carbocycles. The van der Waals surface area contributed by atoms with E-state index in [0.717, 1.165) is 30.6 Å². The number of nitrogens with one attached hydrogen (secondary N) is 2. The van der Waals surface area contributed by atoms with Crippen LogP contribution in [-0.4, -0.2) is 30.0 Å². The Morgan fingerprint density at radius 2 is 1.91 bits per heavy atom. The number of halogens is 2. The zero-order chi connectivity index (χ0) is 14.7. The van der Waals surface area contributed by atoms with Gasteiger partial charge in [0.25, 0.3) is 5.91 Å². The third kappa shape index (κ3) is 4.93. The lowest BCUT2D eigenvalue weighted by Gasteiger charge is -2.11. The molecule has 0 radical (unpaired) electrons. The molecule has 1 aliphatic heterocycles. The minimum absolute atomic E-state index is 0. The zero-order valence-corrected chi connectivity index (χ0v) is 14.5. The molecule has 4 nitrogen and oxygen atoms in total. The Bertz CT molecular complexity index is 641. The lowest BCUT2D eigenvalue weighted by molar-refractivity contribution is 0.0939. The van der Waals surface area contributed by atoms with Crippen LogP contribution < -0.4 is 10.6 Å². The Kier molecular flexibility index (Phi) is 7.49. The van der Waals surface area contributed by atoms with Gasteiger partial charge >= 0.3 is 0 Å². The lowest BCUT2D eigenvalue weighted by Crippen LogP contribution is -2.36. The van der Waals surface area contributed by atoms with Crippen LogP contribution in [0.1, 0.15) is 22.3 Å². The highest BCUT2D eigenvalue weighted by Crippen LogP contribution is 2.20. The first-order chi connectivity index (χ1) is 10.2. The highest BCUT2D eigenvalue weighted by Gasteiger charge is 2.17. The predicted molar refractivity (Wildman–Crippen MR) is 97.6 cm³/mol. The maximum atomic E-state index is 12.3. The summed E-state index contributed by atoms with van der Waals surface area (Å²) in [6, 6.07) is 10.3. The molecule has 0 spiro atoms. The smallest absolute Gasteiger partial charge is 0.253 e. The molecule has 124 valence electrons. The summed E-state index contributed by atoms with van der Waals surface area (Å²) >= 11 is 0. The first-order valence-electron chi connectivity index (χ1n) is 7.26. The lowest BCUT2D eigenvalue weighted by atomic mass is 10.0. The topological polar surface area (TPSA) is 54.0 Å². The normalized spacial score (nSPS) is 16.1. The first-order valence-corrected chi connectivity index (χ1v) is 7.26. The van der Waals surface area contributed by atoms with Gasteiger partial charge in [0.15, 0.2) is 0 Å². The van der Waals surface area contributed by atoms with Crippen molar-refractivity contribution in [2.45, 2.75) is 19.4 Å². The molecular formula is C17H21Cl2N3O. The number of aromatic nitrogens is 1. The second kappa shape index (κ2) is 8.87. The van der Waals surface area contributed by atoms with E-state index in [2.05, 4.69) is 46.8 Å². The van der Waals surface area contributed by atoms with Crippen LogP contribution in [0, 0.1) is 6.92 Å². The van der Waals surface area contributed by atoms with Gasteiger partial charge in [-0.05, 0) is 31.5 Å². The van der Waals surface area contributed by atoms with E-state index in [1.54, 1.807) is 12.4 Å². The summed E-state index contributed by atoms with van der Waals surface area (Å²) in [6.45, 7) is 3.87. The standard InChI is InChI=1S/C17H19N3O.2ClH/c1-12-2-4-13(5-3-12)14-8-15(10-19-9-14)17(21)20-16-6-7-18-11-16;;/h2-5,8-10,16,18H,6-7,11H2,1H3,(H,20,21);2*1H. The van der Waals surface area contributed by atoms with Crippen LogP contribution in [0.15, 0.2) is 42.7 Å². The molecular weight excluding hydrogens is 333 g/mol. The van der Waals surface area contributed by atoms with Crippen molar-refractivity contribution < 1.29 is 4.79 Å². The molecule has 2 heterocycles. The summed E-state index contributed by atoms with van der Waals surface area (Å²) in [7, 11) is 0. The van der Waals surface area contributed by atoms with E-state index in [-0.39, 0.29) is 36.8 Å². The van der Waals surface area contributed by atoms with Gasteiger partial charge in [-0.2, -0.15) is 0 Å². The van der Waals surface area contributed by atoms with Crippen LogP contribution in [-0.2, 0) is 0 Å². The van der Waals surface area contributed by atoms with Gasteiger partial charge in [-0.15, -0.1) is 24.8 Å². The monoisotopic (exact) mass is 353 g/mol. The fraction of sp³-hybridized carbons (Fsp3) is 0.294. The fourth-order valence-corrected chi connectivity index (χ4v) is 2.51. The van der Waals surface area contributed by atoms with E-state index in [1.807, 2.05) is 6.07 Å². The molecule has 1 atom stereocenters. The molecule has 23 heavy (non-hydrogen) atoms. The molecule has 6 heteroatoms. The first kappa shape index (κ1) is 19.4. The van der Waals surface area contributed by atoms with E-state index in [0.29, 0.717) is 5.56 Å². The van der Waals surface area contributed by atoms with Crippen LogP contribution >= 0.6 is 24.8 Å². The van der Waals surface area contributed by atoms with Crippen molar-refractivity contribution >= 4 is 30.7 Å². The molecule has 0 saturated carbocycles. The second-order valence-electron chi connectivity index (χ2n) is 5.49. The number of nitrogens with zero attached hydrogens (tertiary/aromatic N) is 1. The minimum atomic E-state index is -0.0508. The number of amides is 1. The Balaban J connectivity index is 0.00000132. The molecule has 2 N–H and O–H groups in total. The highest BCUT2D eigenvalue weighted by atomic mass is 35.5. The van der Waals surface area contributed by atoms with Crippen LogP contribution in [0.2, 0.25) is 0 Å². The fourth-order valence-electron chi connectivity index (χ4n) is 2.51. The van der Waals surface area contributed by atoms with Gasteiger partial charge in [-0.25, -0.2) is 0 Å². The van der Waals surface area contributed by atoms with Gasteiger partial charge in [0.05, 0.1) is 5.56 Å². The highest BCUT2D eigenvalue weighted by molar-refractivity contribution is 5.95. The molecule has 2 aromatic rings. The minimum Gasteiger partial charge on any atom is -0.348 e. The van der Waals surface area contributed by atoms with E-state index >= 15 is 0 Å². The van der Waals surface area contributed by atoms with Crippen molar-refractivity contribution in [2.24, 2.45) is 0 Å². The third-order valence-electron chi connectivity index (χ3n) is 3.78. The largest absolute Gasteiger partial charge is 0.348 e. The number of carbonyl (C=O) groups is 1. The van der Waals surface area contributed by atoms with Crippen molar-refractivity contribution in [1.29, 1.82) is 0 Å². The molecule has 1 aliphatic rings. The number of pyridine rings is 1. The third-order valence-corrected chi connectivity index (χ3v) is 3.78. The van der Waals surface area contributed by atoms with Gasteiger partial charge in [-0.1, -0.05) is 29.8 Å². The Labute approximate surface area is 148 Å². The van der Waals surface area contributed by atoms with E-state index in [1.165, 1.54) is 5.56 Å². The van der Waals surface area contributed by atoms with Gasteiger partial charge in [0.2, 0.25) is 0 Å². The summed E-state index contributed by atoms with van der Waals surface area (Å²) in [5.74, 6) is -0.0508. The Morgan fingerprint density at radius 1 is 1.17 bits per heavy atom. The number of carbonyl (C=O) groups excluding carboxylic acids is 1.